The van der Waals surface area contributed by atoms with Crippen LogP contribution in [0.1, 0.15) is 13.3 Å². The van der Waals surface area contributed by atoms with E-state index in [9.17, 15) is 18.3 Å². The topological polar surface area (TPSA) is 87.6 Å². The Hall–Kier alpha value is -1.99. The van der Waals surface area contributed by atoms with Gasteiger partial charge in [0.2, 0.25) is 10.0 Å². The number of hydrogen-bond acceptors (Lipinski definition) is 4. The molecule has 1 aromatic carbocycles. The number of pyridine rings is 1. The lowest BCUT2D eigenvalue weighted by atomic mass is 9.90. The zero-order valence-corrected chi connectivity index (χ0v) is 12.9. The lowest BCUT2D eigenvalue weighted by Gasteiger charge is -2.20. The Labute approximate surface area is 128 Å². The van der Waals surface area contributed by atoms with Crippen molar-refractivity contribution in [2.75, 3.05) is 13.1 Å². The summed E-state index contributed by atoms with van der Waals surface area (Å²) in [6, 6.07) is 8.53. The van der Waals surface area contributed by atoms with Gasteiger partial charge in [0.15, 0.2) is 0 Å². The van der Waals surface area contributed by atoms with Crippen molar-refractivity contribution in [2.24, 2.45) is 5.41 Å². The van der Waals surface area contributed by atoms with Gasteiger partial charge >= 0.3 is 5.97 Å². The molecule has 22 heavy (non-hydrogen) atoms. The first-order valence-electron chi connectivity index (χ1n) is 6.92. The van der Waals surface area contributed by atoms with Crippen molar-refractivity contribution in [3.05, 3.63) is 36.5 Å². The quantitative estimate of drug-likeness (QED) is 0.930. The van der Waals surface area contributed by atoms with Crippen LogP contribution in [-0.4, -0.2) is 41.9 Å². The van der Waals surface area contributed by atoms with Gasteiger partial charge in [-0.3, -0.25) is 9.78 Å². The van der Waals surface area contributed by atoms with Crippen molar-refractivity contribution in [3.63, 3.8) is 0 Å². The van der Waals surface area contributed by atoms with E-state index < -0.39 is 21.4 Å². The fourth-order valence-electron chi connectivity index (χ4n) is 2.72. The summed E-state index contributed by atoms with van der Waals surface area (Å²) >= 11 is 0. The largest absolute Gasteiger partial charge is 0.481 e. The fourth-order valence-corrected chi connectivity index (χ4v) is 4.45. The van der Waals surface area contributed by atoms with Crippen molar-refractivity contribution in [1.29, 1.82) is 0 Å². The minimum absolute atomic E-state index is 0.0200. The van der Waals surface area contributed by atoms with E-state index in [4.69, 9.17) is 0 Å². The Kier molecular flexibility index (Phi) is 3.41. The number of para-hydroxylation sites is 1. The van der Waals surface area contributed by atoms with Gasteiger partial charge in [-0.05, 0) is 25.5 Å². The maximum Gasteiger partial charge on any atom is 0.310 e. The molecule has 0 amide bonds. The summed E-state index contributed by atoms with van der Waals surface area (Å²) in [6.45, 7) is 1.76. The molecule has 0 saturated carbocycles. The van der Waals surface area contributed by atoms with E-state index in [1.165, 1.54) is 10.4 Å². The number of aromatic nitrogens is 1. The summed E-state index contributed by atoms with van der Waals surface area (Å²) in [5.74, 6) is -0.971. The van der Waals surface area contributed by atoms with Gasteiger partial charge in [0, 0.05) is 24.7 Å². The first-order valence-corrected chi connectivity index (χ1v) is 8.36. The highest BCUT2D eigenvalue weighted by atomic mass is 32.2. The molecule has 7 heteroatoms. The van der Waals surface area contributed by atoms with Crippen LogP contribution in [0.15, 0.2) is 41.4 Å². The van der Waals surface area contributed by atoms with Crippen LogP contribution < -0.4 is 0 Å². The minimum atomic E-state index is -3.76. The second-order valence-electron chi connectivity index (χ2n) is 5.79. The zero-order valence-electron chi connectivity index (χ0n) is 12.1. The highest BCUT2D eigenvalue weighted by molar-refractivity contribution is 7.89. The molecule has 3 rings (SSSR count). The first-order chi connectivity index (χ1) is 10.3. The Morgan fingerprint density at radius 2 is 2.05 bits per heavy atom. The number of aliphatic carboxylic acids is 1. The molecule has 1 aliphatic rings. The van der Waals surface area contributed by atoms with Crippen molar-refractivity contribution < 1.29 is 18.3 Å². The summed E-state index contributed by atoms with van der Waals surface area (Å²) in [6.07, 6.45) is 1.85. The van der Waals surface area contributed by atoms with Crippen molar-refractivity contribution in [1.82, 2.24) is 9.29 Å². The third-order valence-electron chi connectivity index (χ3n) is 4.17. The number of benzene rings is 1. The molecule has 0 radical (unpaired) electrons. The second-order valence-corrected chi connectivity index (χ2v) is 7.69. The standard InChI is InChI=1S/C15H16N2O4S/c1-15(14(18)19)7-9-17(10-15)22(20,21)12-6-2-4-11-5-3-8-16-13(11)12/h2-6,8H,7,9-10H2,1H3,(H,18,19). The molecule has 116 valence electrons. The van der Waals surface area contributed by atoms with Gasteiger partial charge in [-0.25, -0.2) is 8.42 Å². The van der Waals surface area contributed by atoms with Gasteiger partial charge in [-0.1, -0.05) is 18.2 Å². The van der Waals surface area contributed by atoms with Crippen molar-refractivity contribution >= 4 is 26.9 Å². The smallest absolute Gasteiger partial charge is 0.310 e. The molecule has 1 aliphatic heterocycles. The maximum atomic E-state index is 12.9. The highest BCUT2D eigenvalue weighted by Gasteiger charge is 2.45. The SMILES string of the molecule is CC1(C(=O)O)CCN(S(=O)(=O)c2cccc3cccnc23)C1. The molecule has 0 spiro atoms. The van der Waals surface area contributed by atoms with Crippen LogP contribution in [-0.2, 0) is 14.8 Å². The van der Waals surface area contributed by atoms with Crippen LogP contribution in [0.3, 0.4) is 0 Å². The number of rotatable bonds is 3. The van der Waals surface area contributed by atoms with Crippen LogP contribution in [0.5, 0.6) is 0 Å². The molecule has 0 aliphatic carbocycles. The van der Waals surface area contributed by atoms with Gasteiger partial charge < -0.3 is 5.11 Å². The van der Waals surface area contributed by atoms with Crippen LogP contribution in [0.4, 0.5) is 0 Å². The summed E-state index contributed by atoms with van der Waals surface area (Å²) in [7, 11) is -3.76. The summed E-state index contributed by atoms with van der Waals surface area (Å²) in [5, 5.41) is 10.0. The lowest BCUT2D eigenvalue weighted by Crippen LogP contribution is -2.35. The van der Waals surface area contributed by atoms with Crippen molar-refractivity contribution in [2.45, 2.75) is 18.2 Å². The van der Waals surface area contributed by atoms with E-state index in [-0.39, 0.29) is 18.0 Å². The average Bonchev–Trinajstić information content (AvgIpc) is 2.91. The van der Waals surface area contributed by atoms with Gasteiger partial charge in [-0.2, -0.15) is 4.31 Å². The van der Waals surface area contributed by atoms with Crippen LogP contribution in [0.2, 0.25) is 0 Å². The number of nitrogens with zero attached hydrogens (tertiary/aromatic N) is 2. The molecule has 1 atom stereocenters. The van der Waals surface area contributed by atoms with Gasteiger partial charge in [-0.15, -0.1) is 0 Å². The molecule has 2 heterocycles. The number of hydrogen-bond donors (Lipinski definition) is 1. The normalized spacial score (nSPS) is 23.0. The maximum absolute atomic E-state index is 12.9. The average molecular weight is 320 g/mol. The summed E-state index contributed by atoms with van der Waals surface area (Å²) < 4.78 is 26.9. The van der Waals surface area contributed by atoms with E-state index in [1.807, 2.05) is 0 Å². The summed E-state index contributed by atoms with van der Waals surface area (Å²) in [4.78, 5) is 15.6. The highest BCUT2D eigenvalue weighted by Crippen LogP contribution is 2.34. The fraction of sp³-hybridized carbons (Fsp3) is 0.333. The van der Waals surface area contributed by atoms with Crippen LogP contribution in [0, 0.1) is 5.41 Å². The molecule has 1 aromatic heterocycles. The zero-order chi connectivity index (χ0) is 16.0. The molecule has 1 fully saturated rings. The monoisotopic (exact) mass is 320 g/mol. The van der Waals surface area contributed by atoms with E-state index in [2.05, 4.69) is 4.98 Å². The number of carboxylic acid groups (broad SMARTS) is 1. The molecule has 1 unspecified atom stereocenters. The number of carbonyl (C=O) groups is 1. The molecular formula is C15H16N2O4S. The minimum Gasteiger partial charge on any atom is -0.481 e. The molecule has 2 aromatic rings. The predicted molar refractivity (Wildman–Crippen MR) is 80.9 cm³/mol. The first kappa shape index (κ1) is 14.9. The second kappa shape index (κ2) is 5.03. The number of carboxylic acids is 1. The molecule has 6 nitrogen and oxygen atoms in total. The van der Waals surface area contributed by atoms with Gasteiger partial charge in [0.05, 0.1) is 10.9 Å². The Bertz CT molecular complexity index is 844. The van der Waals surface area contributed by atoms with Crippen molar-refractivity contribution in [3.8, 4) is 0 Å². The van der Waals surface area contributed by atoms with Gasteiger partial charge in [0.25, 0.3) is 0 Å². The Balaban J connectivity index is 2.05. The van der Waals surface area contributed by atoms with E-state index >= 15 is 0 Å². The Morgan fingerprint density at radius 1 is 1.32 bits per heavy atom. The van der Waals surface area contributed by atoms with E-state index in [0.29, 0.717) is 11.9 Å². The van der Waals surface area contributed by atoms with E-state index in [0.717, 1.165) is 5.39 Å². The molecule has 1 N–H and O–H groups in total. The van der Waals surface area contributed by atoms with Crippen LogP contribution in [0.25, 0.3) is 10.9 Å². The van der Waals surface area contributed by atoms with Gasteiger partial charge in [0.1, 0.15) is 4.90 Å². The lowest BCUT2D eigenvalue weighted by molar-refractivity contribution is -0.146. The predicted octanol–water partition coefficient (Wildman–Crippen LogP) is 1.72. The molecule has 0 bridgehead atoms. The number of sulfonamides is 1. The third kappa shape index (κ3) is 2.26. The van der Waals surface area contributed by atoms with E-state index in [1.54, 1.807) is 37.4 Å². The third-order valence-corrected chi connectivity index (χ3v) is 6.04. The van der Waals surface area contributed by atoms with Crippen LogP contribution >= 0.6 is 0 Å². The summed E-state index contributed by atoms with van der Waals surface area (Å²) in [5.41, 5.74) is -0.626. The molecule has 1 saturated heterocycles. The Morgan fingerprint density at radius 3 is 2.73 bits per heavy atom. The molecular weight excluding hydrogens is 304 g/mol. The number of fused-ring (bicyclic) bond motifs is 1.